The van der Waals surface area contributed by atoms with Crippen molar-refractivity contribution in [2.24, 2.45) is 0 Å². The molecule has 35 heavy (non-hydrogen) atoms. The Labute approximate surface area is 218 Å². The van der Waals surface area contributed by atoms with Crippen LogP contribution in [0, 0.1) is 0 Å². The van der Waals surface area contributed by atoms with Gasteiger partial charge in [-0.2, -0.15) is 0 Å². The van der Waals surface area contributed by atoms with E-state index in [1.165, 1.54) is 69.1 Å². The molecule has 0 aliphatic carbocycles. The second-order valence-electron chi connectivity index (χ2n) is 8.80. The Bertz CT molecular complexity index is 747. The molecule has 0 aliphatic heterocycles. The lowest BCUT2D eigenvalue weighted by atomic mass is 10.0. The van der Waals surface area contributed by atoms with E-state index in [-0.39, 0.29) is 12.3 Å². The highest BCUT2D eigenvalue weighted by Gasteiger charge is 2.29. The molecule has 6 nitrogen and oxygen atoms in total. The van der Waals surface area contributed by atoms with E-state index < -0.39 is 15.2 Å². The summed E-state index contributed by atoms with van der Waals surface area (Å²) in [5.74, 6) is 0. The molecule has 0 amide bonds. The van der Waals surface area contributed by atoms with Crippen LogP contribution in [0.2, 0.25) is 0 Å². The minimum absolute atomic E-state index is 0.234. The van der Waals surface area contributed by atoms with Gasteiger partial charge in [0.25, 0.3) is 0 Å². The third-order valence-corrected chi connectivity index (χ3v) is 11.4. The van der Waals surface area contributed by atoms with Crippen LogP contribution in [0.15, 0.2) is 6.07 Å². The molecule has 1 aromatic rings. The summed E-state index contributed by atoms with van der Waals surface area (Å²) in [6.45, 7) is 10.9. The van der Waals surface area contributed by atoms with Gasteiger partial charge in [0.15, 0.2) is 0 Å². The Hall–Kier alpha value is -0.0000000000000000971. The monoisotopic (exact) mass is 552 g/mol. The van der Waals surface area contributed by atoms with Crippen LogP contribution in [0.5, 0.6) is 0 Å². The highest BCUT2D eigenvalue weighted by Crippen LogP contribution is 2.55. The summed E-state index contributed by atoms with van der Waals surface area (Å²) < 4.78 is 48.5. The predicted molar refractivity (Wildman–Crippen MR) is 149 cm³/mol. The Morgan fingerprint density at radius 2 is 1.06 bits per heavy atom. The van der Waals surface area contributed by atoms with Crippen molar-refractivity contribution < 1.29 is 27.2 Å². The first-order valence-electron chi connectivity index (χ1n) is 13.7. The number of unbranched alkanes of at least 4 members (excludes halogenated alkanes) is 9. The highest BCUT2D eigenvalue weighted by atomic mass is 32.1. The second-order valence-corrected chi connectivity index (χ2v) is 14.1. The van der Waals surface area contributed by atoms with Crippen molar-refractivity contribution in [2.45, 2.75) is 118 Å². The van der Waals surface area contributed by atoms with Crippen LogP contribution in [0.1, 0.15) is 114 Å². The molecular formula is C26H50O6P2S. The number of hydrogen-bond acceptors (Lipinski definition) is 7. The molecule has 0 atom stereocenters. The second kappa shape index (κ2) is 19.1. The molecule has 0 aromatic carbocycles. The molecule has 9 heteroatoms. The first kappa shape index (κ1) is 33.0. The fourth-order valence-electron chi connectivity index (χ4n) is 4.16. The maximum absolute atomic E-state index is 13.2. The Kier molecular flexibility index (Phi) is 18.0. The largest absolute Gasteiger partial charge is 0.335 e. The summed E-state index contributed by atoms with van der Waals surface area (Å²) in [6.07, 6.45) is 14.3. The fourth-order valence-corrected chi connectivity index (χ4v) is 9.56. The zero-order chi connectivity index (χ0) is 26.0. The molecule has 0 spiro atoms. The minimum atomic E-state index is -3.22. The number of rotatable bonds is 23. The standard InChI is InChI=1S/C26H50O6P2S/c1-6-11-12-13-14-15-16-17-18-19-20-24-21-25(22-33(27,29-7-2)30-8-3)35-26(24)23-34(28,31-9-4)32-10-5/h21H,6-20,22-23H2,1-5H3. The van der Waals surface area contributed by atoms with Gasteiger partial charge in [-0.1, -0.05) is 64.7 Å². The molecule has 0 saturated carbocycles. The molecule has 0 fully saturated rings. The van der Waals surface area contributed by atoms with Crippen molar-refractivity contribution in [1.29, 1.82) is 0 Å². The summed E-state index contributed by atoms with van der Waals surface area (Å²) in [5, 5.41) is 0. The van der Waals surface area contributed by atoms with Gasteiger partial charge in [-0.15, -0.1) is 11.3 Å². The van der Waals surface area contributed by atoms with E-state index in [9.17, 15) is 9.13 Å². The van der Waals surface area contributed by atoms with Gasteiger partial charge in [0.2, 0.25) is 0 Å². The van der Waals surface area contributed by atoms with Crippen LogP contribution < -0.4 is 0 Å². The van der Waals surface area contributed by atoms with Gasteiger partial charge in [-0.05, 0) is 52.2 Å². The van der Waals surface area contributed by atoms with Crippen molar-refractivity contribution in [3.8, 4) is 0 Å². The topological polar surface area (TPSA) is 71.1 Å². The third kappa shape index (κ3) is 13.9. The average Bonchev–Trinajstić information content (AvgIpc) is 3.15. The van der Waals surface area contributed by atoms with Crippen LogP contribution in [-0.4, -0.2) is 26.4 Å². The van der Waals surface area contributed by atoms with Crippen LogP contribution in [-0.2, 0) is 46.0 Å². The van der Waals surface area contributed by atoms with E-state index in [1.807, 2.05) is 27.7 Å². The van der Waals surface area contributed by atoms with Gasteiger partial charge >= 0.3 is 15.2 Å². The van der Waals surface area contributed by atoms with Crippen molar-refractivity contribution >= 4 is 26.5 Å². The molecule has 0 unspecified atom stereocenters. The van der Waals surface area contributed by atoms with Gasteiger partial charge in [0.1, 0.15) is 0 Å². The first-order valence-corrected chi connectivity index (χ1v) is 18.0. The van der Waals surface area contributed by atoms with Crippen molar-refractivity contribution in [3.05, 3.63) is 21.4 Å². The van der Waals surface area contributed by atoms with E-state index in [4.69, 9.17) is 18.1 Å². The van der Waals surface area contributed by atoms with E-state index in [2.05, 4.69) is 13.0 Å². The summed E-state index contributed by atoms with van der Waals surface area (Å²) in [7, 11) is -6.42. The Balaban J connectivity index is 2.80. The van der Waals surface area contributed by atoms with Crippen LogP contribution in [0.4, 0.5) is 0 Å². The number of hydrogen-bond donors (Lipinski definition) is 0. The first-order chi connectivity index (χ1) is 16.8. The molecule has 1 heterocycles. The van der Waals surface area contributed by atoms with Crippen LogP contribution >= 0.6 is 26.5 Å². The molecule has 0 radical (unpaired) electrons. The average molecular weight is 553 g/mol. The van der Waals surface area contributed by atoms with Crippen molar-refractivity contribution in [1.82, 2.24) is 0 Å². The van der Waals surface area contributed by atoms with E-state index >= 15 is 0 Å². The summed E-state index contributed by atoms with van der Waals surface area (Å²) in [5.41, 5.74) is 1.16. The smallest absolute Gasteiger partial charge is 0.309 e. The summed E-state index contributed by atoms with van der Waals surface area (Å²) >= 11 is 1.53. The molecule has 0 N–H and O–H groups in total. The normalized spacial score (nSPS) is 12.5. The number of thiophene rings is 1. The minimum Gasteiger partial charge on any atom is -0.309 e. The molecule has 0 saturated heterocycles. The lowest BCUT2D eigenvalue weighted by molar-refractivity contribution is 0.218. The van der Waals surface area contributed by atoms with E-state index in [1.54, 1.807) is 0 Å². The highest BCUT2D eigenvalue weighted by molar-refractivity contribution is 7.54. The van der Waals surface area contributed by atoms with Gasteiger partial charge in [-0.25, -0.2) is 0 Å². The molecule has 0 aliphatic rings. The maximum atomic E-state index is 13.2. The molecule has 0 bridgehead atoms. The van der Waals surface area contributed by atoms with Crippen molar-refractivity contribution in [2.75, 3.05) is 26.4 Å². The zero-order valence-electron chi connectivity index (χ0n) is 22.9. The molecule has 206 valence electrons. The van der Waals surface area contributed by atoms with E-state index in [0.717, 1.165) is 28.2 Å². The fraction of sp³-hybridized carbons (Fsp3) is 0.846. The summed E-state index contributed by atoms with van der Waals surface area (Å²) in [4.78, 5) is 1.94. The van der Waals surface area contributed by atoms with Gasteiger partial charge in [-0.3, -0.25) is 9.13 Å². The van der Waals surface area contributed by atoms with E-state index in [0.29, 0.717) is 26.4 Å². The zero-order valence-corrected chi connectivity index (χ0v) is 25.5. The Morgan fingerprint density at radius 1 is 0.629 bits per heavy atom. The summed E-state index contributed by atoms with van der Waals surface area (Å²) in [6, 6.07) is 2.10. The quantitative estimate of drug-likeness (QED) is 0.0994. The Morgan fingerprint density at radius 3 is 1.51 bits per heavy atom. The lowest BCUT2D eigenvalue weighted by Gasteiger charge is -2.17. The third-order valence-electron chi connectivity index (χ3n) is 5.74. The SMILES string of the molecule is CCCCCCCCCCCCc1cc(CP(=O)(OCC)OCC)sc1CP(=O)(OCC)OCC. The van der Waals surface area contributed by atoms with Gasteiger partial charge in [0.05, 0.1) is 38.8 Å². The molecular weight excluding hydrogens is 502 g/mol. The molecule has 1 rings (SSSR count). The lowest BCUT2D eigenvalue weighted by Crippen LogP contribution is -1.99. The van der Waals surface area contributed by atoms with Crippen LogP contribution in [0.25, 0.3) is 0 Å². The van der Waals surface area contributed by atoms with Crippen LogP contribution in [0.3, 0.4) is 0 Å². The predicted octanol–water partition coefficient (Wildman–Crippen LogP) is 9.74. The van der Waals surface area contributed by atoms with Gasteiger partial charge < -0.3 is 18.1 Å². The number of aryl methyl sites for hydroxylation is 1. The molecule has 1 aromatic heterocycles. The van der Waals surface area contributed by atoms with Crippen molar-refractivity contribution in [3.63, 3.8) is 0 Å². The van der Waals surface area contributed by atoms with Gasteiger partial charge in [0, 0.05) is 9.75 Å². The maximum Gasteiger partial charge on any atom is 0.335 e.